The SMILES string of the molecule is CC(C)[C@@H](NC(=O)C1CC1)c1cc(OC(=O)C2CC2)nc(-c2cccnc2)n1. The third kappa shape index (κ3) is 4.35. The van der Waals surface area contributed by atoms with Crippen molar-refractivity contribution >= 4 is 11.9 Å². The summed E-state index contributed by atoms with van der Waals surface area (Å²) in [5.74, 6) is 0.624. The van der Waals surface area contributed by atoms with E-state index in [1.165, 1.54) is 0 Å². The van der Waals surface area contributed by atoms with E-state index in [-0.39, 0.29) is 41.6 Å². The van der Waals surface area contributed by atoms with Gasteiger partial charge in [0.1, 0.15) is 0 Å². The lowest BCUT2D eigenvalue weighted by Gasteiger charge is -2.23. The normalized spacial score (nSPS) is 17.2. The Labute approximate surface area is 164 Å². The zero-order valence-electron chi connectivity index (χ0n) is 16.1. The van der Waals surface area contributed by atoms with Gasteiger partial charge in [-0.2, -0.15) is 4.98 Å². The lowest BCUT2D eigenvalue weighted by Crippen LogP contribution is -2.33. The first kappa shape index (κ1) is 18.5. The molecular formula is C21H24N4O3. The van der Waals surface area contributed by atoms with Crippen LogP contribution in [-0.4, -0.2) is 26.8 Å². The topological polar surface area (TPSA) is 94.1 Å². The van der Waals surface area contributed by atoms with Gasteiger partial charge in [-0.25, -0.2) is 4.98 Å². The Bertz CT molecular complexity index is 876. The van der Waals surface area contributed by atoms with Crippen molar-refractivity contribution in [1.82, 2.24) is 20.3 Å². The number of nitrogens with zero attached hydrogens (tertiary/aromatic N) is 3. The molecule has 0 aromatic carbocycles. The van der Waals surface area contributed by atoms with Crippen LogP contribution in [0.4, 0.5) is 0 Å². The Morgan fingerprint density at radius 3 is 2.50 bits per heavy atom. The smallest absolute Gasteiger partial charge is 0.315 e. The van der Waals surface area contributed by atoms with Crippen LogP contribution in [0.5, 0.6) is 5.88 Å². The molecule has 2 aliphatic carbocycles. The monoisotopic (exact) mass is 380 g/mol. The minimum Gasteiger partial charge on any atom is -0.407 e. The van der Waals surface area contributed by atoms with Crippen molar-refractivity contribution in [2.45, 2.75) is 45.6 Å². The Balaban J connectivity index is 1.68. The fourth-order valence-electron chi connectivity index (χ4n) is 2.98. The van der Waals surface area contributed by atoms with Crippen molar-refractivity contribution in [3.8, 4) is 17.3 Å². The minimum atomic E-state index is -0.287. The minimum absolute atomic E-state index is 0.0317. The molecule has 2 aromatic heterocycles. The van der Waals surface area contributed by atoms with Crippen LogP contribution in [0.2, 0.25) is 0 Å². The van der Waals surface area contributed by atoms with Crippen molar-refractivity contribution < 1.29 is 14.3 Å². The van der Waals surface area contributed by atoms with Gasteiger partial charge in [-0.05, 0) is 43.7 Å². The molecule has 1 amide bonds. The molecule has 2 aromatic rings. The molecule has 1 N–H and O–H groups in total. The second-order valence-electron chi connectivity index (χ2n) is 7.90. The van der Waals surface area contributed by atoms with E-state index in [4.69, 9.17) is 4.74 Å². The van der Waals surface area contributed by atoms with Crippen molar-refractivity contribution in [3.05, 3.63) is 36.3 Å². The van der Waals surface area contributed by atoms with Gasteiger partial charge in [0.2, 0.25) is 11.8 Å². The van der Waals surface area contributed by atoms with Gasteiger partial charge < -0.3 is 10.1 Å². The highest BCUT2D eigenvalue weighted by Crippen LogP contribution is 2.33. The van der Waals surface area contributed by atoms with Crippen molar-refractivity contribution in [3.63, 3.8) is 0 Å². The second kappa shape index (κ2) is 7.66. The number of hydrogen-bond acceptors (Lipinski definition) is 6. The first-order chi connectivity index (χ1) is 13.5. The lowest BCUT2D eigenvalue weighted by molar-refractivity contribution is -0.136. The van der Waals surface area contributed by atoms with E-state index in [0.717, 1.165) is 31.2 Å². The molecule has 7 nitrogen and oxygen atoms in total. The summed E-state index contributed by atoms with van der Waals surface area (Å²) in [6.07, 6.45) is 6.93. The van der Waals surface area contributed by atoms with Gasteiger partial charge in [0, 0.05) is 29.9 Å². The van der Waals surface area contributed by atoms with Gasteiger partial charge >= 0.3 is 5.97 Å². The molecule has 4 rings (SSSR count). The van der Waals surface area contributed by atoms with Crippen molar-refractivity contribution in [2.24, 2.45) is 17.8 Å². The highest BCUT2D eigenvalue weighted by Gasteiger charge is 2.34. The molecule has 7 heteroatoms. The van der Waals surface area contributed by atoms with Gasteiger partial charge in [0.15, 0.2) is 5.82 Å². The number of carbonyl (C=O) groups is 2. The molecule has 2 fully saturated rings. The summed E-state index contributed by atoms with van der Waals surface area (Å²) in [5, 5.41) is 3.10. The summed E-state index contributed by atoms with van der Waals surface area (Å²) < 4.78 is 5.51. The Kier molecular flexibility index (Phi) is 5.07. The zero-order valence-corrected chi connectivity index (χ0v) is 16.1. The predicted molar refractivity (Wildman–Crippen MR) is 102 cm³/mol. The quantitative estimate of drug-likeness (QED) is 0.742. The molecule has 0 unspecified atom stereocenters. The van der Waals surface area contributed by atoms with Crippen LogP contribution in [0, 0.1) is 17.8 Å². The van der Waals surface area contributed by atoms with Crippen LogP contribution >= 0.6 is 0 Å². The number of nitrogens with one attached hydrogen (secondary N) is 1. The van der Waals surface area contributed by atoms with Crippen molar-refractivity contribution in [1.29, 1.82) is 0 Å². The summed E-state index contributed by atoms with van der Waals surface area (Å²) in [6.45, 7) is 4.05. The van der Waals surface area contributed by atoms with E-state index in [1.807, 2.05) is 19.9 Å². The third-order valence-electron chi connectivity index (χ3n) is 4.99. The van der Waals surface area contributed by atoms with Crippen LogP contribution in [0.1, 0.15) is 51.3 Å². The van der Waals surface area contributed by atoms with E-state index >= 15 is 0 Å². The van der Waals surface area contributed by atoms with Crippen molar-refractivity contribution in [2.75, 3.05) is 0 Å². The highest BCUT2D eigenvalue weighted by atomic mass is 16.5. The number of rotatable bonds is 7. The molecule has 1 atom stereocenters. The highest BCUT2D eigenvalue weighted by molar-refractivity contribution is 5.81. The van der Waals surface area contributed by atoms with Crippen LogP contribution in [0.25, 0.3) is 11.4 Å². The Morgan fingerprint density at radius 1 is 1.14 bits per heavy atom. The fourth-order valence-corrected chi connectivity index (χ4v) is 2.98. The van der Waals surface area contributed by atoms with Gasteiger partial charge in [0.25, 0.3) is 0 Å². The number of amides is 1. The third-order valence-corrected chi connectivity index (χ3v) is 4.99. The molecule has 146 valence electrons. The average molecular weight is 380 g/mol. The molecule has 0 saturated heterocycles. The summed E-state index contributed by atoms with van der Waals surface area (Å²) >= 11 is 0. The first-order valence-corrected chi connectivity index (χ1v) is 9.82. The maximum atomic E-state index is 12.4. The molecular weight excluding hydrogens is 356 g/mol. The molecule has 0 radical (unpaired) electrons. The van der Waals surface area contributed by atoms with Gasteiger partial charge in [0.05, 0.1) is 17.7 Å². The van der Waals surface area contributed by atoms with Gasteiger partial charge in [-0.1, -0.05) is 13.8 Å². The lowest BCUT2D eigenvalue weighted by atomic mass is 10.00. The van der Waals surface area contributed by atoms with Crippen LogP contribution < -0.4 is 10.1 Å². The van der Waals surface area contributed by atoms with Crippen LogP contribution in [0.15, 0.2) is 30.6 Å². The standard InChI is InChI=1S/C21H24N4O3/c1-12(2)18(25-20(26)13-5-6-13)16-10-17(28-21(27)14-7-8-14)24-19(23-16)15-4-3-9-22-11-15/h3-4,9-14,18H,5-8H2,1-2H3,(H,25,26)/t18-/m1/s1. The van der Waals surface area contributed by atoms with E-state index in [0.29, 0.717) is 11.5 Å². The number of aromatic nitrogens is 3. The fraction of sp³-hybridized carbons (Fsp3) is 0.476. The molecule has 2 heterocycles. The molecule has 2 saturated carbocycles. The van der Waals surface area contributed by atoms with Crippen LogP contribution in [-0.2, 0) is 9.59 Å². The Morgan fingerprint density at radius 2 is 1.89 bits per heavy atom. The summed E-state index contributed by atoms with van der Waals surface area (Å²) in [7, 11) is 0. The van der Waals surface area contributed by atoms with Gasteiger partial charge in [-0.15, -0.1) is 0 Å². The maximum absolute atomic E-state index is 12.4. The number of carbonyl (C=O) groups excluding carboxylic acids is 2. The number of hydrogen-bond donors (Lipinski definition) is 1. The molecule has 0 spiro atoms. The summed E-state index contributed by atoms with van der Waals surface area (Å²) in [4.78, 5) is 37.7. The second-order valence-corrected chi connectivity index (χ2v) is 7.90. The average Bonchev–Trinajstić information content (AvgIpc) is 3.58. The maximum Gasteiger partial charge on any atom is 0.315 e. The molecule has 0 aliphatic heterocycles. The van der Waals surface area contributed by atoms with Gasteiger partial charge in [-0.3, -0.25) is 14.6 Å². The molecule has 28 heavy (non-hydrogen) atoms. The Hall–Kier alpha value is -2.83. The summed E-state index contributed by atoms with van der Waals surface area (Å²) in [5.41, 5.74) is 1.36. The zero-order chi connectivity index (χ0) is 19.7. The van der Waals surface area contributed by atoms with E-state index < -0.39 is 0 Å². The van der Waals surface area contributed by atoms with E-state index in [9.17, 15) is 9.59 Å². The molecule has 0 bridgehead atoms. The van der Waals surface area contributed by atoms with E-state index in [2.05, 4.69) is 20.3 Å². The number of esters is 1. The number of ether oxygens (including phenoxy) is 1. The molecule has 2 aliphatic rings. The predicted octanol–water partition coefficient (Wildman–Crippen LogP) is 3.08. The first-order valence-electron chi connectivity index (χ1n) is 9.82. The summed E-state index contributed by atoms with van der Waals surface area (Å²) in [6, 6.07) is 5.03. The number of pyridine rings is 1. The van der Waals surface area contributed by atoms with E-state index in [1.54, 1.807) is 24.5 Å². The largest absolute Gasteiger partial charge is 0.407 e. The van der Waals surface area contributed by atoms with Crippen LogP contribution in [0.3, 0.4) is 0 Å².